The van der Waals surface area contributed by atoms with Crippen LogP contribution in [0.4, 0.5) is 0 Å². The van der Waals surface area contributed by atoms with Crippen LogP contribution in [0.2, 0.25) is 0 Å². The summed E-state index contributed by atoms with van der Waals surface area (Å²) in [4.78, 5) is 12.3. The van der Waals surface area contributed by atoms with E-state index in [0.717, 1.165) is 38.5 Å². The third kappa shape index (κ3) is 2.82. The van der Waals surface area contributed by atoms with Gasteiger partial charge in [-0.15, -0.1) is 0 Å². The van der Waals surface area contributed by atoms with E-state index >= 15 is 0 Å². The van der Waals surface area contributed by atoms with Crippen molar-refractivity contribution in [1.29, 1.82) is 0 Å². The van der Waals surface area contributed by atoms with Gasteiger partial charge in [-0.25, -0.2) is 0 Å². The lowest BCUT2D eigenvalue weighted by molar-refractivity contribution is -0.208. The van der Waals surface area contributed by atoms with Gasteiger partial charge in [0.15, 0.2) is 0 Å². The summed E-state index contributed by atoms with van der Waals surface area (Å²) in [5.74, 6) is 0.463. The van der Waals surface area contributed by atoms with Crippen molar-refractivity contribution in [2.24, 2.45) is 50.2 Å². The number of hydrogen-bond acceptors (Lipinski definition) is 3. The fourth-order valence-electron chi connectivity index (χ4n) is 10.6. The van der Waals surface area contributed by atoms with Crippen molar-refractivity contribution in [1.82, 2.24) is 0 Å². The molecule has 3 N–H and O–H groups in total. The molecule has 0 unspecified atom stereocenters. The number of carbonyl (C=O) groups is 1. The van der Waals surface area contributed by atoms with Crippen molar-refractivity contribution in [3.8, 4) is 0 Å². The smallest absolute Gasteiger partial charge is 0.309 e. The van der Waals surface area contributed by atoms with Gasteiger partial charge in [-0.05, 0) is 104 Å². The molecule has 4 heteroatoms. The Bertz CT molecular complexity index is 923. The van der Waals surface area contributed by atoms with Crippen molar-refractivity contribution in [3.05, 3.63) is 11.6 Å². The van der Waals surface area contributed by atoms with Crippen LogP contribution in [0.1, 0.15) is 106 Å². The average molecular weight is 473 g/mol. The fourth-order valence-corrected chi connectivity index (χ4v) is 10.6. The second-order valence-electron chi connectivity index (χ2n) is 15.0. The van der Waals surface area contributed by atoms with Crippen LogP contribution in [0.15, 0.2) is 11.6 Å². The molecule has 4 saturated carbocycles. The quantitative estimate of drug-likeness (QED) is 0.397. The van der Waals surface area contributed by atoms with Crippen LogP contribution < -0.4 is 0 Å². The number of hydrogen-bond donors (Lipinski definition) is 3. The minimum Gasteiger partial charge on any atom is -0.481 e. The minimum atomic E-state index is -0.867. The molecular weight excluding hydrogens is 424 g/mol. The van der Waals surface area contributed by atoms with Crippen LogP contribution in [0.25, 0.3) is 0 Å². The van der Waals surface area contributed by atoms with E-state index in [1.807, 2.05) is 6.92 Å². The zero-order chi connectivity index (χ0) is 25.1. The van der Waals surface area contributed by atoms with Crippen LogP contribution in [0.5, 0.6) is 0 Å². The summed E-state index contributed by atoms with van der Waals surface area (Å²) < 4.78 is 0. The largest absolute Gasteiger partial charge is 0.481 e. The fraction of sp³-hybridized carbons (Fsp3) is 0.900. The van der Waals surface area contributed by atoms with E-state index in [2.05, 4.69) is 47.6 Å². The second kappa shape index (κ2) is 7.12. The molecule has 0 aliphatic heterocycles. The second-order valence-corrected chi connectivity index (χ2v) is 15.0. The van der Waals surface area contributed by atoms with Gasteiger partial charge in [-0.3, -0.25) is 4.79 Å². The summed E-state index contributed by atoms with van der Waals surface area (Å²) in [6.45, 7) is 16.2. The summed E-state index contributed by atoms with van der Waals surface area (Å²) in [7, 11) is 0. The highest BCUT2D eigenvalue weighted by Crippen LogP contribution is 2.75. The maximum atomic E-state index is 12.3. The molecule has 5 rings (SSSR count). The Morgan fingerprint density at radius 1 is 0.824 bits per heavy atom. The minimum absolute atomic E-state index is 0.0325. The van der Waals surface area contributed by atoms with E-state index in [1.54, 1.807) is 0 Å². The van der Waals surface area contributed by atoms with Crippen LogP contribution >= 0.6 is 0 Å². The maximum Gasteiger partial charge on any atom is 0.309 e. The first-order valence-corrected chi connectivity index (χ1v) is 13.9. The lowest BCUT2D eigenvalue weighted by Crippen LogP contribution is -2.65. The summed E-state index contributed by atoms with van der Waals surface area (Å²) in [5, 5.41) is 32.2. The van der Waals surface area contributed by atoms with Gasteiger partial charge in [0.25, 0.3) is 0 Å². The van der Waals surface area contributed by atoms with Crippen LogP contribution in [-0.4, -0.2) is 33.5 Å². The SMILES string of the molecule is CC1(C)[C@H](O)CC[C@@]2(C)[C@@H]1CC[C@]1(C)[C@@H]2CC=C2[C@H]3C[C@@](C)(C(=O)O)C[C@H](O)[C@]3(C)CC[C@]21C. The first-order chi connectivity index (χ1) is 15.6. The van der Waals surface area contributed by atoms with Gasteiger partial charge in [0.2, 0.25) is 0 Å². The van der Waals surface area contributed by atoms with Crippen molar-refractivity contribution in [2.45, 2.75) is 118 Å². The van der Waals surface area contributed by atoms with Gasteiger partial charge in [-0.2, -0.15) is 0 Å². The van der Waals surface area contributed by atoms with Crippen LogP contribution in [-0.2, 0) is 4.79 Å². The molecule has 0 radical (unpaired) electrons. The summed E-state index contributed by atoms with van der Waals surface area (Å²) in [6.07, 6.45) is 10.1. The summed E-state index contributed by atoms with van der Waals surface area (Å²) >= 11 is 0. The van der Waals surface area contributed by atoms with Gasteiger partial charge >= 0.3 is 5.97 Å². The monoisotopic (exact) mass is 472 g/mol. The van der Waals surface area contributed by atoms with Crippen molar-refractivity contribution in [3.63, 3.8) is 0 Å². The molecule has 0 saturated heterocycles. The first-order valence-electron chi connectivity index (χ1n) is 13.9. The lowest BCUT2D eigenvalue weighted by Gasteiger charge is -2.71. The molecule has 0 bridgehead atoms. The maximum absolute atomic E-state index is 12.3. The standard InChI is InChI=1S/C30H48O4/c1-25(2)20-10-13-30(7)21(28(20,5)12-11-22(25)31)9-8-18-19-16-26(3,24(33)34)17-23(32)27(19,4)14-15-29(18,30)6/h8,19-23,31-32H,9-17H2,1-7H3,(H,33,34)/t19-,20-,21-,22-,23+,26-,27-,28+,29-,30-/m1/s1. The molecule has 0 aromatic rings. The van der Waals surface area contributed by atoms with Gasteiger partial charge in [-0.1, -0.05) is 53.2 Å². The zero-order valence-electron chi connectivity index (χ0n) is 22.6. The zero-order valence-corrected chi connectivity index (χ0v) is 22.6. The highest BCUT2D eigenvalue weighted by molar-refractivity contribution is 5.74. The normalized spacial score (nSPS) is 56.3. The molecule has 192 valence electrons. The van der Waals surface area contributed by atoms with E-state index in [-0.39, 0.29) is 39.1 Å². The molecular formula is C30H48O4. The Labute approximate surface area is 206 Å². The Morgan fingerprint density at radius 2 is 1.50 bits per heavy atom. The molecule has 0 heterocycles. The van der Waals surface area contributed by atoms with Gasteiger partial charge in [0, 0.05) is 5.41 Å². The summed E-state index contributed by atoms with van der Waals surface area (Å²) in [6, 6.07) is 0. The molecule has 5 aliphatic rings. The number of fused-ring (bicyclic) bond motifs is 7. The van der Waals surface area contributed by atoms with E-state index < -0.39 is 17.5 Å². The number of aliphatic carboxylic acids is 1. The molecule has 10 atom stereocenters. The Kier molecular flexibility index (Phi) is 5.20. The van der Waals surface area contributed by atoms with Crippen molar-refractivity contribution in [2.75, 3.05) is 0 Å². The number of aliphatic hydroxyl groups excluding tert-OH is 2. The molecule has 0 aromatic heterocycles. The Morgan fingerprint density at radius 3 is 2.15 bits per heavy atom. The number of aliphatic hydroxyl groups is 2. The molecule has 0 aromatic carbocycles. The topological polar surface area (TPSA) is 77.8 Å². The predicted octanol–water partition coefficient (Wildman–Crippen LogP) is 6.20. The van der Waals surface area contributed by atoms with Gasteiger partial charge in [0.05, 0.1) is 17.6 Å². The molecule has 4 nitrogen and oxygen atoms in total. The average Bonchev–Trinajstić information content (AvgIpc) is 2.73. The molecule has 5 aliphatic carbocycles. The molecule has 0 amide bonds. The summed E-state index contributed by atoms with van der Waals surface area (Å²) in [5.41, 5.74) is 0.706. The highest BCUT2D eigenvalue weighted by Gasteiger charge is 2.69. The first kappa shape index (κ1) is 24.8. The van der Waals surface area contributed by atoms with Crippen LogP contribution in [0.3, 0.4) is 0 Å². The van der Waals surface area contributed by atoms with Crippen molar-refractivity contribution >= 4 is 5.97 Å². The van der Waals surface area contributed by atoms with Crippen molar-refractivity contribution < 1.29 is 20.1 Å². The number of allylic oxidation sites excluding steroid dienone is 2. The third-order valence-electron chi connectivity index (χ3n) is 13.4. The number of rotatable bonds is 1. The highest BCUT2D eigenvalue weighted by atomic mass is 16.4. The lowest BCUT2D eigenvalue weighted by atomic mass is 9.33. The molecule has 4 fully saturated rings. The van der Waals surface area contributed by atoms with E-state index in [1.165, 1.54) is 12.0 Å². The Balaban J connectivity index is 1.59. The third-order valence-corrected chi connectivity index (χ3v) is 13.4. The van der Waals surface area contributed by atoms with Crippen LogP contribution in [0, 0.1) is 50.2 Å². The van der Waals surface area contributed by atoms with E-state index in [0.29, 0.717) is 24.7 Å². The molecule has 0 spiro atoms. The van der Waals surface area contributed by atoms with E-state index in [9.17, 15) is 20.1 Å². The predicted molar refractivity (Wildman–Crippen MR) is 134 cm³/mol. The van der Waals surface area contributed by atoms with E-state index in [4.69, 9.17) is 0 Å². The number of carboxylic acid groups (broad SMARTS) is 1. The van der Waals surface area contributed by atoms with Gasteiger partial charge in [0.1, 0.15) is 0 Å². The molecule has 34 heavy (non-hydrogen) atoms. The number of carboxylic acids is 1. The Hall–Kier alpha value is -0.870. The van der Waals surface area contributed by atoms with Gasteiger partial charge < -0.3 is 15.3 Å².